The minimum atomic E-state index is -0.584. The van der Waals surface area contributed by atoms with Gasteiger partial charge in [-0.1, -0.05) is 58.8 Å². The number of unbranched alkanes of at least 4 members (excludes halogenated alkanes) is 5. The van der Waals surface area contributed by atoms with E-state index in [1.54, 1.807) is 0 Å². The van der Waals surface area contributed by atoms with Crippen molar-refractivity contribution in [3.8, 4) is 0 Å². The van der Waals surface area contributed by atoms with Gasteiger partial charge in [0.2, 0.25) is 0 Å². The zero-order valence-corrected chi connectivity index (χ0v) is 10.6. The second-order valence-electron chi connectivity index (χ2n) is 4.70. The third kappa shape index (κ3) is 7.80. The van der Waals surface area contributed by atoms with Crippen molar-refractivity contribution in [1.82, 2.24) is 0 Å². The highest BCUT2D eigenvalue weighted by Crippen LogP contribution is 2.20. The van der Waals surface area contributed by atoms with Crippen molar-refractivity contribution < 1.29 is 5.11 Å². The molecule has 1 unspecified atom stereocenters. The topological polar surface area (TPSA) is 46.2 Å². The van der Waals surface area contributed by atoms with E-state index in [0.717, 1.165) is 25.7 Å². The maximum absolute atomic E-state index is 10.1. The molecule has 0 spiro atoms. The molecule has 2 nitrogen and oxygen atoms in total. The lowest BCUT2D eigenvalue weighted by Gasteiger charge is -2.25. The number of nitrogens with two attached hydrogens (primary N) is 1. The third-order valence-electron chi connectivity index (χ3n) is 3.09. The van der Waals surface area contributed by atoms with E-state index < -0.39 is 5.60 Å². The van der Waals surface area contributed by atoms with Gasteiger partial charge >= 0.3 is 0 Å². The van der Waals surface area contributed by atoms with Crippen molar-refractivity contribution >= 4 is 0 Å². The molecule has 0 aromatic carbocycles. The molecule has 0 aliphatic carbocycles. The van der Waals surface area contributed by atoms with Crippen LogP contribution >= 0.6 is 0 Å². The summed E-state index contributed by atoms with van der Waals surface area (Å²) >= 11 is 0. The molecule has 0 saturated carbocycles. The summed E-state index contributed by atoms with van der Waals surface area (Å²) in [5.41, 5.74) is 5.02. The summed E-state index contributed by atoms with van der Waals surface area (Å²) in [6.45, 7) is 4.74. The Labute approximate surface area is 95.3 Å². The van der Waals surface area contributed by atoms with Crippen LogP contribution in [0.25, 0.3) is 0 Å². The van der Waals surface area contributed by atoms with Crippen LogP contribution in [0.4, 0.5) is 0 Å². The molecule has 15 heavy (non-hydrogen) atoms. The zero-order valence-electron chi connectivity index (χ0n) is 10.6. The van der Waals surface area contributed by atoms with Gasteiger partial charge in [-0.2, -0.15) is 0 Å². The first-order valence-corrected chi connectivity index (χ1v) is 6.61. The van der Waals surface area contributed by atoms with E-state index in [2.05, 4.69) is 13.8 Å². The normalized spacial score (nSPS) is 15.2. The summed E-state index contributed by atoms with van der Waals surface area (Å²) in [5, 5.41) is 10.1. The van der Waals surface area contributed by atoms with Crippen LogP contribution in [0, 0.1) is 0 Å². The largest absolute Gasteiger partial charge is 0.389 e. The lowest BCUT2D eigenvalue weighted by atomic mass is 9.91. The molecule has 0 rings (SSSR count). The Balaban J connectivity index is 3.46. The fraction of sp³-hybridized carbons (Fsp3) is 1.00. The highest BCUT2D eigenvalue weighted by atomic mass is 16.3. The van der Waals surface area contributed by atoms with Crippen LogP contribution in [0.15, 0.2) is 0 Å². The Hall–Kier alpha value is -0.0800. The number of rotatable bonds is 10. The van der Waals surface area contributed by atoms with Crippen molar-refractivity contribution in [1.29, 1.82) is 0 Å². The predicted octanol–water partition coefficient (Wildman–Crippen LogP) is 3.23. The molecule has 0 radical (unpaired) electrons. The summed E-state index contributed by atoms with van der Waals surface area (Å²) in [6, 6.07) is 0. The van der Waals surface area contributed by atoms with E-state index in [4.69, 9.17) is 5.73 Å². The van der Waals surface area contributed by atoms with Crippen LogP contribution in [-0.2, 0) is 0 Å². The molecule has 0 aliphatic rings. The van der Waals surface area contributed by atoms with Gasteiger partial charge in [-0.25, -0.2) is 0 Å². The Morgan fingerprint density at radius 1 is 0.867 bits per heavy atom. The first-order valence-electron chi connectivity index (χ1n) is 6.61. The minimum Gasteiger partial charge on any atom is -0.389 e. The van der Waals surface area contributed by atoms with Gasteiger partial charge in [0.1, 0.15) is 0 Å². The number of hydrogen-bond acceptors (Lipinski definition) is 2. The SMILES string of the molecule is CCCCCCCCC(O)(CN)CCC. The minimum absolute atomic E-state index is 0.413. The van der Waals surface area contributed by atoms with E-state index in [1.807, 2.05) is 0 Å². The summed E-state index contributed by atoms with van der Waals surface area (Å²) in [6.07, 6.45) is 10.4. The average molecular weight is 215 g/mol. The third-order valence-corrected chi connectivity index (χ3v) is 3.09. The van der Waals surface area contributed by atoms with Gasteiger partial charge in [0.15, 0.2) is 0 Å². The molecule has 0 bridgehead atoms. The Bertz CT molecular complexity index is 138. The Kier molecular flexibility index (Phi) is 9.12. The number of aliphatic hydroxyl groups is 1. The summed E-state index contributed by atoms with van der Waals surface area (Å²) in [7, 11) is 0. The van der Waals surface area contributed by atoms with Gasteiger partial charge < -0.3 is 10.8 Å². The van der Waals surface area contributed by atoms with E-state index in [1.165, 1.54) is 32.1 Å². The first kappa shape index (κ1) is 14.9. The quantitative estimate of drug-likeness (QED) is 0.550. The summed E-state index contributed by atoms with van der Waals surface area (Å²) in [4.78, 5) is 0. The molecule has 0 fully saturated rings. The zero-order chi connectivity index (χ0) is 11.6. The fourth-order valence-electron chi connectivity index (χ4n) is 2.03. The molecule has 1 atom stereocenters. The van der Waals surface area contributed by atoms with Crippen LogP contribution in [0.2, 0.25) is 0 Å². The van der Waals surface area contributed by atoms with Crippen molar-refractivity contribution in [2.24, 2.45) is 5.73 Å². The maximum Gasteiger partial charge on any atom is 0.0769 e. The Morgan fingerprint density at radius 3 is 2.00 bits per heavy atom. The number of hydrogen-bond donors (Lipinski definition) is 2. The van der Waals surface area contributed by atoms with Crippen molar-refractivity contribution in [2.45, 2.75) is 77.2 Å². The van der Waals surface area contributed by atoms with Gasteiger partial charge in [0.05, 0.1) is 5.60 Å². The molecule has 92 valence electrons. The van der Waals surface area contributed by atoms with Crippen LogP contribution in [0.1, 0.15) is 71.6 Å². The molecule has 0 aromatic heterocycles. The van der Waals surface area contributed by atoms with Crippen molar-refractivity contribution in [2.75, 3.05) is 6.54 Å². The van der Waals surface area contributed by atoms with Gasteiger partial charge in [0, 0.05) is 6.54 Å². The molecular weight excluding hydrogens is 186 g/mol. The van der Waals surface area contributed by atoms with Gasteiger partial charge in [0.25, 0.3) is 0 Å². The Morgan fingerprint density at radius 2 is 1.47 bits per heavy atom. The summed E-state index contributed by atoms with van der Waals surface area (Å²) < 4.78 is 0. The average Bonchev–Trinajstić information content (AvgIpc) is 2.24. The van der Waals surface area contributed by atoms with Crippen molar-refractivity contribution in [3.63, 3.8) is 0 Å². The van der Waals surface area contributed by atoms with Gasteiger partial charge in [-0.05, 0) is 12.8 Å². The molecule has 0 saturated heterocycles. The van der Waals surface area contributed by atoms with Crippen molar-refractivity contribution in [3.05, 3.63) is 0 Å². The van der Waals surface area contributed by atoms with Crippen LogP contribution in [-0.4, -0.2) is 17.3 Å². The van der Waals surface area contributed by atoms with E-state index in [0.29, 0.717) is 6.54 Å². The molecular formula is C13H29NO. The van der Waals surface area contributed by atoms with Gasteiger partial charge in [-0.3, -0.25) is 0 Å². The summed E-state index contributed by atoms with van der Waals surface area (Å²) in [5.74, 6) is 0. The smallest absolute Gasteiger partial charge is 0.0769 e. The molecule has 0 aliphatic heterocycles. The lowest BCUT2D eigenvalue weighted by Crippen LogP contribution is -2.37. The van der Waals surface area contributed by atoms with Crippen LogP contribution in [0.5, 0.6) is 0 Å². The molecule has 0 heterocycles. The molecule has 3 N–H and O–H groups in total. The lowest BCUT2D eigenvalue weighted by molar-refractivity contribution is 0.0283. The fourth-order valence-corrected chi connectivity index (χ4v) is 2.03. The van der Waals surface area contributed by atoms with E-state index in [9.17, 15) is 5.11 Å². The standard InChI is InChI=1S/C13H29NO/c1-3-5-6-7-8-9-11-13(15,12-14)10-4-2/h15H,3-12,14H2,1-2H3. The first-order chi connectivity index (χ1) is 7.18. The molecule has 2 heteroatoms. The molecule has 0 aromatic rings. The van der Waals surface area contributed by atoms with Crippen LogP contribution < -0.4 is 5.73 Å². The highest BCUT2D eigenvalue weighted by Gasteiger charge is 2.22. The van der Waals surface area contributed by atoms with E-state index in [-0.39, 0.29) is 0 Å². The van der Waals surface area contributed by atoms with E-state index >= 15 is 0 Å². The second kappa shape index (κ2) is 9.17. The maximum atomic E-state index is 10.1. The second-order valence-corrected chi connectivity index (χ2v) is 4.70. The molecule has 0 amide bonds. The highest BCUT2D eigenvalue weighted by molar-refractivity contribution is 4.78. The predicted molar refractivity (Wildman–Crippen MR) is 66.9 cm³/mol. The monoisotopic (exact) mass is 215 g/mol. The van der Waals surface area contributed by atoms with Crippen LogP contribution in [0.3, 0.4) is 0 Å². The van der Waals surface area contributed by atoms with Gasteiger partial charge in [-0.15, -0.1) is 0 Å².